The summed E-state index contributed by atoms with van der Waals surface area (Å²) in [7, 11) is 0.792. The van der Waals surface area contributed by atoms with Crippen molar-refractivity contribution in [2.45, 2.75) is 18.6 Å². The summed E-state index contributed by atoms with van der Waals surface area (Å²) in [6.45, 7) is 5.02. The van der Waals surface area contributed by atoms with Crippen molar-refractivity contribution in [3.05, 3.63) is 61.3 Å². The second-order valence-corrected chi connectivity index (χ2v) is 15.2. The van der Waals surface area contributed by atoms with Crippen LogP contribution in [0.4, 0.5) is 28.8 Å². The number of methoxy groups -OCH3 is 1. The first-order valence-electron chi connectivity index (χ1n) is 15.0. The van der Waals surface area contributed by atoms with Gasteiger partial charge in [-0.25, -0.2) is 0 Å². The number of nitrogens with one attached hydrogen (secondary N) is 3. The molecule has 2 aliphatic heterocycles. The summed E-state index contributed by atoms with van der Waals surface area (Å²) in [6.07, 6.45) is 10.2. The van der Waals surface area contributed by atoms with E-state index in [0.717, 1.165) is 41.8 Å². The number of rotatable bonds is 8. The monoisotopic (exact) mass is 636 g/mol. The Morgan fingerprint density at radius 2 is 1.96 bits per heavy atom. The molecule has 46 heavy (non-hydrogen) atoms. The van der Waals surface area contributed by atoms with Gasteiger partial charge in [0.15, 0.2) is 0 Å². The van der Waals surface area contributed by atoms with Gasteiger partial charge in [-0.1, -0.05) is 0 Å². The molecular formula is C32H33N10O3P. The van der Waals surface area contributed by atoms with E-state index in [4.69, 9.17) is 19.4 Å². The van der Waals surface area contributed by atoms with Crippen LogP contribution in [0.1, 0.15) is 6.42 Å². The van der Waals surface area contributed by atoms with Crippen molar-refractivity contribution < 1.29 is 14.0 Å². The zero-order valence-corrected chi connectivity index (χ0v) is 26.7. The summed E-state index contributed by atoms with van der Waals surface area (Å²) in [5.74, 6) is 1.56. The summed E-state index contributed by atoms with van der Waals surface area (Å²) in [6, 6.07) is 10.1. The van der Waals surface area contributed by atoms with Crippen molar-refractivity contribution in [1.29, 1.82) is 0 Å². The van der Waals surface area contributed by atoms with E-state index in [0.29, 0.717) is 56.9 Å². The number of H-pyrrole nitrogens is 1. The van der Waals surface area contributed by atoms with Crippen molar-refractivity contribution in [3.63, 3.8) is 0 Å². The number of morpholine rings is 1. The second kappa shape index (κ2) is 10.8. The van der Waals surface area contributed by atoms with Crippen LogP contribution in [0, 0.1) is 0 Å². The van der Waals surface area contributed by atoms with Crippen molar-refractivity contribution in [2.75, 3.05) is 49.1 Å². The average Bonchev–Trinajstić information content (AvgIpc) is 3.86. The minimum Gasteiger partial charge on any atom is -0.494 e. The normalized spacial score (nSPS) is 17.7. The molecule has 0 amide bonds. The SMILES string of the molecule is COc1cc(N2C[C@@H]3C[C@H]2CO3)c(-c2cnn(C)c2)cc1Nc1nc(Nc2ccc3nccnc3c2P(C)(C)=O)c2cc[nH]c2n1. The number of aryl methyl sites for hydroxylation is 1. The van der Waals surface area contributed by atoms with E-state index in [9.17, 15) is 4.57 Å². The van der Waals surface area contributed by atoms with Crippen molar-refractivity contribution in [2.24, 2.45) is 7.05 Å². The first kappa shape index (κ1) is 28.5. The van der Waals surface area contributed by atoms with E-state index in [1.807, 2.05) is 43.8 Å². The lowest BCUT2D eigenvalue weighted by Gasteiger charge is -2.31. The predicted octanol–water partition coefficient (Wildman–Crippen LogP) is 5.02. The Bertz CT molecular complexity index is 2170. The molecule has 3 N–H and O–H groups in total. The summed E-state index contributed by atoms with van der Waals surface area (Å²) in [5.41, 5.74) is 6.35. The Morgan fingerprint density at radius 1 is 1.09 bits per heavy atom. The average molecular weight is 637 g/mol. The molecule has 6 heterocycles. The summed E-state index contributed by atoms with van der Waals surface area (Å²) >= 11 is 0. The van der Waals surface area contributed by atoms with Gasteiger partial charge >= 0.3 is 0 Å². The molecule has 13 nitrogen and oxygen atoms in total. The van der Waals surface area contributed by atoms with Crippen molar-refractivity contribution >= 4 is 63.3 Å². The van der Waals surface area contributed by atoms with Gasteiger partial charge in [0.25, 0.3) is 0 Å². The molecule has 0 spiro atoms. The number of fused-ring (bicyclic) bond motifs is 4. The number of aromatic nitrogens is 7. The maximum Gasteiger partial charge on any atom is 0.231 e. The maximum atomic E-state index is 13.6. The lowest BCUT2D eigenvalue weighted by Crippen LogP contribution is -2.37. The molecule has 0 unspecified atom stereocenters. The molecule has 2 bridgehead atoms. The number of ether oxygens (including phenoxy) is 2. The Balaban J connectivity index is 1.21. The van der Waals surface area contributed by atoms with Crippen LogP contribution in [0.15, 0.2) is 61.3 Å². The number of nitrogens with zero attached hydrogens (tertiary/aromatic N) is 7. The molecule has 8 rings (SSSR count). The molecule has 2 aromatic carbocycles. The van der Waals surface area contributed by atoms with Crippen molar-refractivity contribution in [3.8, 4) is 16.9 Å². The highest BCUT2D eigenvalue weighted by molar-refractivity contribution is 7.71. The van der Waals surface area contributed by atoms with Gasteiger partial charge < -0.3 is 34.6 Å². The molecule has 2 saturated heterocycles. The second-order valence-electron chi connectivity index (χ2n) is 12.1. The topological polar surface area (TPSA) is 148 Å². The number of benzene rings is 2. The zero-order valence-electron chi connectivity index (χ0n) is 25.9. The molecule has 0 saturated carbocycles. The highest BCUT2D eigenvalue weighted by atomic mass is 31.2. The third-order valence-electron chi connectivity index (χ3n) is 8.61. The summed E-state index contributed by atoms with van der Waals surface area (Å²) in [4.78, 5) is 24.2. The Kier molecular flexibility index (Phi) is 6.69. The standard InChI is InChI=1S/C32H33N10O3P/c1-41-15-18(14-36-41)22-12-25(27(44-2)13-26(22)42-16-20-11-19(42)17-45-20)38-32-39-30-21(7-8-35-30)31(40-32)37-24-6-5-23-28(34-10-9-33-23)29(24)46(3,4)43/h5-10,12-15,19-20H,11,16-17H2,1-4H3,(H3,35,37,38,39,40)/t19-,20-/m0/s1. The van der Waals surface area contributed by atoms with Crippen LogP contribution in [-0.4, -0.2) is 80.4 Å². The molecule has 2 fully saturated rings. The van der Waals surface area contributed by atoms with Gasteiger partial charge in [-0.2, -0.15) is 15.1 Å². The molecule has 14 heteroatoms. The first-order valence-corrected chi connectivity index (χ1v) is 17.6. The molecule has 0 radical (unpaired) electrons. The molecule has 6 aromatic rings. The van der Waals surface area contributed by atoms with Gasteiger partial charge in [0.1, 0.15) is 29.9 Å². The third kappa shape index (κ3) is 4.92. The lowest BCUT2D eigenvalue weighted by molar-refractivity contribution is 0.0991. The molecule has 2 aliphatic rings. The van der Waals surface area contributed by atoms with Crippen LogP contribution in [0.2, 0.25) is 0 Å². The van der Waals surface area contributed by atoms with Gasteiger partial charge in [0.05, 0.1) is 59.6 Å². The number of anilines is 5. The number of hydrogen-bond acceptors (Lipinski definition) is 11. The van der Waals surface area contributed by atoms with E-state index in [2.05, 4.69) is 47.7 Å². The molecule has 2 atom stereocenters. The fraction of sp³-hybridized carbons (Fsp3) is 0.281. The Labute approximate surface area is 264 Å². The molecule has 234 valence electrons. The number of hydrogen-bond donors (Lipinski definition) is 3. The van der Waals surface area contributed by atoms with Crippen LogP contribution in [0.5, 0.6) is 5.75 Å². The predicted molar refractivity (Wildman–Crippen MR) is 180 cm³/mol. The smallest absolute Gasteiger partial charge is 0.231 e. The summed E-state index contributed by atoms with van der Waals surface area (Å²) < 4.78 is 27.2. The van der Waals surface area contributed by atoms with Crippen LogP contribution in [-0.2, 0) is 16.3 Å². The summed E-state index contributed by atoms with van der Waals surface area (Å²) in [5, 5.41) is 12.7. The van der Waals surface area contributed by atoms with Gasteiger partial charge in [-0.3, -0.25) is 14.6 Å². The van der Waals surface area contributed by atoms with Crippen LogP contribution < -0.4 is 25.6 Å². The number of aromatic amines is 1. The molecule has 4 aromatic heterocycles. The van der Waals surface area contributed by atoms with E-state index >= 15 is 0 Å². The Morgan fingerprint density at radius 3 is 2.70 bits per heavy atom. The van der Waals surface area contributed by atoms with Crippen LogP contribution in [0.25, 0.3) is 33.2 Å². The zero-order chi connectivity index (χ0) is 31.6. The largest absolute Gasteiger partial charge is 0.494 e. The molecule has 0 aliphatic carbocycles. The van der Waals surface area contributed by atoms with Gasteiger partial charge in [0.2, 0.25) is 5.95 Å². The Hall–Kier alpha value is -5.00. The van der Waals surface area contributed by atoms with Gasteiger partial charge in [0, 0.05) is 61.3 Å². The van der Waals surface area contributed by atoms with Gasteiger partial charge in [-0.15, -0.1) is 0 Å². The first-order chi connectivity index (χ1) is 22.2. The third-order valence-corrected chi connectivity index (χ3v) is 10.1. The fourth-order valence-corrected chi connectivity index (χ4v) is 7.96. The maximum absolute atomic E-state index is 13.6. The van der Waals surface area contributed by atoms with Crippen LogP contribution >= 0.6 is 7.14 Å². The lowest BCUT2D eigenvalue weighted by atomic mass is 10.0. The van der Waals surface area contributed by atoms with E-state index in [1.54, 1.807) is 37.5 Å². The van der Waals surface area contributed by atoms with Crippen molar-refractivity contribution in [1.82, 2.24) is 34.7 Å². The fourth-order valence-electron chi connectivity index (χ4n) is 6.57. The quantitative estimate of drug-likeness (QED) is 0.193. The highest BCUT2D eigenvalue weighted by Gasteiger charge is 2.40. The minimum atomic E-state index is -2.78. The van der Waals surface area contributed by atoms with E-state index in [1.165, 1.54) is 0 Å². The molecular weight excluding hydrogens is 603 g/mol. The van der Waals surface area contributed by atoms with Crippen LogP contribution in [0.3, 0.4) is 0 Å². The van der Waals surface area contributed by atoms with E-state index < -0.39 is 7.14 Å². The highest BCUT2D eigenvalue weighted by Crippen LogP contribution is 2.45. The van der Waals surface area contributed by atoms with Gasteiger partial charge in [-0.05, 0) is 44.0 Å². The minimum absolute atomic E-state index is 0.242. The van der Waals surface area contributed by atoms with E-state index in [-0.39, 0.29) is 6.10 Å².